The maximum atomic E-state index is 5.73. The second kappa shape index (κ2) is 6.87. The first-order valence-electron chi connectivity index (χ1n) is 7.27. The summed E-state index contributed by atoms with van der Waals surface area (Å²) < 4.78 is 5.73. The van der Waals surface area contributed by atoms with Crippen LogP contribution in [0.1, 0.15) is 31.9 Å². The van der Waals surface area contributed by atoms with Crippen LogP contribution in [-0.4, -0.2) is 31.6 Å². The molecule has 1 aliphatic carbocycles. The Bertz CT molecular complexity index is 489. The third kappa shape index (κ3) is 3.38. The molecule has 2 atom stereocenters. The van der Waals surface area contributed by atoms with Crippen molar-refractivity contribution in [1.82, 2.24) is 4.90 Å². The lowest BCUT2D eigenvalue weighted by molar-refractivity contribution is 0.0333. The summed E-state index contributed by atoms with van der Waals surface area (Å²) in [7, 11) is 3.97. The number of hydrogen-bond donors (Lipinski definition) is 0. The van der Waals surface area contributed by atoms with Crippen molar-refractivity contribution in [1.29, 1.82) is 0 Å². The third-order valence-electron chi connectivity index (χ3n) is 4.23. The van der Waals surface area contributed by atoms with Gasteiger partial charge in [-0.05, 0) is 38.5 Å². The second-order valence-corrected chi connectivity index (χ2v) is 5.57. The van der Waals surface area contributed by atoms with E-state index in [9.17, 15) is 0 Å². The molecule has 1 aromatic carbocycles. The summed E-state index contributed by atoms with van der Waals surface area (Å²) in [6, 6.07) is 10.8. The van der Waals surface area contributed by atoms with Crippen LogP contribution in [0.2, 0.25) is 0 Å². The molecular weight excluding hydrogens is 246 g/mol. The van der Waals surface area contributed by atoms with Crippen LogP contribution in [0.15, 0.2) is 53.6 Å². The molecule has 2 heteroatoms. The zero-order valence-electron chi connectivity index (χ0n) is 13.0. The van der Waals surface area contributed by atoms with Crippen molar-refractivity contribution in [3.8, 4) is 0 Å². The lowest BCUT2D eigenvalue weighted by atomic mass is 10.0. The number of allylic oxidation sites excluding steroid dienone is 2. The molecule has 0 spiro atoms. The maximum Gasteiger partial charge on any atom is 0.0973 e. The van der Waals surface area contributed by atoms with Crippen molar-refractivity contribution >= 4 is 0 Å². The lowest BCUT2D eigenvalue weighted by Gasteiger charge is -2.32. The van der Waals surface area contributed by atoms with Crippen molar-refractivity contribution in [2.75, 3.05) is 20.7 Å². The van der Waals surface area contributed by atoms with Gasteiger partial charge in [0, 0.05) is 19.7 Å². The Hall–Kier alpha value is -1.38. The molecule has 0 radical (unpaired) electrons. The number of rotatable bonds is 6. The summed E-state index contributed by atoms with van der Waals surface area (Å²) >= 11 is 0. The summed E-state index contributed by atoms with van der Waals surface area (Å²) in [5, 5.41) is 0. The second-order valence-electron chi connectivity index (χ2n) is 5.57. The van der Waals surface area contributed by atoms with E-state index >= 15 is 0 Å². The number of methoxy groups -OCH3 is 1. The molecule has 2 rings (SSSR count). The Morgan fingerprint density at radius 1 is 1.20 bits per heavy atom. The van der Waals surface area contributed by atoms with Gasteiger partial charge in [0.25, 0.3) is 0 Å². The van der Waals surface area contributed by atoms with Gasteiger partial charge >= 0.3 is 0 Å². The number of likely N-dealkylation sites (N-methyl/N-ethyl adjacent to an activating group) is 1. The number of nitrogens with zero attached hydrogens (tertiary/aromatic N) is 1. The highest BCUT2D eigenvalue weighted by atomic mass is 16.5. The molecule has 20 heavy (non-hydrogen) atoms. The standard InChI is InChI=1S/C18H25NO/c1-14-9-8-12-17(14)13-19(3)15(2)18(20-4)16-10-6-5-7-11-16/h5-7,9-12,15,18H,8,13H2,1-4H3/t15-,18-/m0/s1. The van der Waals surface area contributed by atoms with Gasteiger partial charge in [-0.3, -0.25) is 4.90 Å². The zero-order valence-corrected chi connectivity index (χ0v) is 13.0. The molecule has 108 valence electrons. The van der Waals surface area contributed by atoms with Gasteiger partial charge in [-0.1, -0.05) is 48.1 Å². The van der Waals surface area contributed by atoms with Crippen molar-refractivity contribution in [2.24, 2.45) is 0 Å². The summed E-state index contributed by atoms with van der Waals surface area (Å²) in [6.45, 7) is 5.41. The minimum Gasteiger partial charge on any atom is -0.375 e. The lowest BCUT2D eigenvalue weighted by Crippen LogP contribution is -2.36. The van der Waals surface area contributed by atoms with Crippen LogP contribution in [-0.2, 0) is 4.74 Å². The molecule has 0 amide bonds. The van der Waals surface area contributed by atoms with Gasteiger partial charge in [0.2, 0.25) is 0 Å². The predicted octanol–water partition coefficient (Wildman–Crippen LogP) is 3.97. The number of benzene rings is 1. The van der Waals surface area contributed by atoms with Crippen molar-refractivity contribution < 1.29 is 4.74 Å². The van der Waals surface area contributed by atoms with E-state index in [1.807, 2.05) is 6.07 Å². The van der Waals surface area contributed by atoms with E-state index in [1.165, 1.54) is 16.7 Å². The summed E-state index contributed by atoms with van der Waals surface area (Å²) in [5.74, 6) is 0. The van der Waals surface area contributed by atoms with Crippen molar-refractivity contribution in [3.63, 3.8) is 0 Å². The Morgan fingerprint density at radius 3 is 2.45 bits per heavy atom. The first-order valence-corrected chi connectivity index (χ1v) is 7.27. The van der Waals surface area contributed by atoms with Gasteiger partial charge < -0.3 is 4.74 Å². The van der Waals surface area contributed by atoms with E-state index in [-0.39, 0.29) is 6.10 Å². The minimum absolute atomic E-state index is 0.104. The summed E-state index contributed by atoms with van der Waals surface area (Å²) in [4.78, 5) is 2.37. The molecule has 0 aliphatic heterocycles. The molecule has 1 aliphatic rings. The molecule has 0 saturated carbocycles. The van der Waals surface area contributed by atoms with Crippen LogP contribution in [0.5, 0.6) is 0 Å². The van der Waals surface area contributed by atoms with Crippen LogP contribution < -0.4 is 0 Å². The van der Waals surface area contributed by atoms with E-state index in [0.29, 0.717) is 6.04 Å². The number of ether oxygens (including phenoxy) is 1. The quantitative estimate of drug-likeness (QED) is 0.776. The topological polar surface area (TPSA) is 12.5 Å². The Kier molecular flexibility index (Phi) is 5.16. The van der Waals surface area contributed by atoms with Gasteiger partial charge in [0.05, 0.1) is 6.10 Å². The number of hydrogen-bond acceptors (Lipinski definition) is 2. The zero-order chi connectivity index (χ0) is 14.5. The fourth-order valence-corrected chi connectivity index (χ4v) is 2.76. The molecule has 0 unspecified atom stereocenters. The van der Waals surface area contributed by atoms with Crippen molar-refractivity contribution in [3.05, 3.63) is 59.2 Å². The first kappa shape index (κ1) is 15.0. The third-order valence-corrected chi connectivity index (χ3v) is 4.23. The van der Waals surface area contributed by atoms with Gasteiger partial charge in [-0.15, -0.1) is 0 Å². The van der Waals surface area contributed by atoms with Crippen LogP contribution in [0.4, 0.5) is 0 Å². The highest BCUT2D eigenvalue weighted by Crippen LogP contribution is 2.26. The van der Waals surface area contributed by atoms with Crippen LogP contribution in [0.25, 0.3) is 0 Å². The molecule has 0 saturated heterocycles. The highest BCUT2D eigenvalue weighted by Gasteiger charge is 2.23. The van der Waals surface area contributed by atoms with Gasteiger partial charge in [0.15, 0.2) is 0 Å². The maximum absolute atomic E-state index is 5.73. The Morgan fingerprint density at radius 2 is 1.90 bits per heavy atom. The molecular formula is C18H25NO. The predicted molar refractivity (Wildman–Crippen MR) is 84.7 cm³/mol. The minimum atomic E-state index is 0.104. The molecule has 0 fully saturated rings. The smallest absolute Gasteiger partial charge is 0.0973 e. The van der Waals surface area contributed by atoms with Crippen LogP contribution in [0.3, 0.4) is 0 Å². The molecule has 2 nitrogen and oxygen atoms in total. The van der Waals surface area contributed by atoms with E-state index in [2.05, 4.69) is 62.2 Å². The molecule has 0 aromatic heterocycles. The summed E-state index contributed by atoms with van der Waals surface area (Å²) in [5.41, 5.74) is 4.10. The van der Waals surface area contributed by atoms with Crippen molar-refractivity contribution in [2.45, 2.75) is 32.4 Å². The largest absolute Gasteiger partial charge is 0.375 e. The molecule has 0 N–H and O–H groups in total. The fraction of sp³-hybridized carbons (Fsp3) is 0.444. The average molecular weight is 271 g/mol. The van der Waals surface area contributed by atoms with E-state index in [0.717, 1.165) is 13.0 Å². The van der Waals surface area contributed by atoms with Gasteiger partial charge in [-0.2, -0.15) is 0 Å². The Labute approximate surface area is 122 Å². The van der Waals surface area contributed by atoms with Gasteiger partial charge in [-0.25, -0.2) is 0 Å². The summed E-state index contributed by atoms with van der Waals surface area (Å²) in [6.07, 6.45) is 5.80. The molecule has 0 bridgehead atoms. The van der Waals surface area contributed by atoms with E-state index in [4.69, 9.17) is 4.74 Å². The Balaban J connectivity index is 2.05. The van der Waals surface area contributed by atoms with Crippen LogP contribution in [0, 0.1) is 0 Å². The van der Waals surface area contributed by atoms with Crippen LogP contribution >= 0.6 is 0 Å². The van der Waals surface area contributed by atoms with E-state index < -0.39 is 0 Å². The average Bonchev–Trinajstić information content (AvgIpc) is 2.86. The first-order chi connectivity index (χ1) is 9.63. The molecule has 0 heterocycles. The normalized spacial score (nSPS) is 17.9. The van der Waals surface area contributed by atoms with Gasteiger partial charge in [0.1, 0.15) is 0 Å². The highest BCUT2D eigenvalue weighted by molar-refractivity contribution is 5.36. The fourth-order valence-electron chi connectivity index (χ4n) is 2.76. The van der Waals surface area contributed by atoms with E-state index in [1.54, 1.807) is 7.11 Å². The SMILES string of the molecule is CO[C@H](c1ccccc1)[C@H](C)N(C)CC1=CCC=C1C. The monoisotopic (exact) mass is 271 g/mol. The molecule has 1 aromatic rings.